The van der Waals surface area contributed by atoms with Crippen molar-refractivity contribution in [1.29, 1.82) is 0 Å². The number of thiazole rings is 1. The van der Waals surface area contributed by atoms with Crippen LogP contribution in [-0.2, 0) is 4.79 Å². The van der Waals surface area contributed by atoms with Crippen molar-refractivity contribution < 1.29 is 4.79 Å². The maximum absolute atomic E-state index is 11.8. The molecule has 0 aliphatic rings. The molecule has 0 aliphatic carbocycles. The quantitative estimate of drug-likeness (QED) is 0.802. The van der Waals surface area contributed by atoms with Gasteiger partial charge in [0.1, 0.15) is 0 Å². The number of carbonyl (C=O) groups is 1. The van der Waals surface area contributed by atoms with Crippen LogP contribution in [0.25, 0.3) is 10.2 Å². The molecule has 102 valence electrons. The summed E-state index contributed by atoms with van der Waals surface area (Å²) in [6.45, 7) is 2.12. The van der Waals surface area contributed by atoms with Gasteiger partial charge in [0.2, 0.25) is 5.91 Å². The molecule has 0 saturated carbocycles. The fourth-order valence-corrected chi connectivity index (χ4v) is 3.32. The Hall–Kier alpha value is -1.14. The van der Waals surface area contributed by atoms with Gasteiger partial charge >= 0.3 is 0 Å². The number of amides is 1. The Labute approximate surface area is 124 Å². The maximum Gasteiger partial charge on any atom is 0.224 e. The molecule has 0 bridgehead atoms. The van der Waals surface area contributed by atoms with Crippen LogP contribution in [0.4, 0.5) is 10.8 Å². The number of benzene rings is 1. The lowest BCUT2D eigenvalue weighted by Gasteiger charge is -2.05. The van der Waals surface area contributed by atoms with Crippen LogP contribution >= 0.6 is 27.3 Å². The van der Waals surface area contributed by atoms with Gasteiger partial charge in [-0.05, 0) is 34.5 Å². The van der Waals surface area contributed by atoms with E-state index in [0.29, 0.717) is 11.6 Å². The largest absolute Gasteiger partial charge is 0.375 e. The molecule has 2 rings (SSSR count). The van der Waals surface area contributed by atoms with Crippen molar-refractivity contribution in [1.82, 2.24) is 4.98 Å². The first-order valence-corrected chi connectivity index (χ1v) is 7.86. The number of nitrogens with one attached hydrogen (secondary N) is 1. The van der Waals surface area contributed by atoms with E-state index in [1.165, 1.54) is 11.3 Å². The Balaban J connectivity index is 2.10. The second kappa shape index (κ2) is 6.34. The Morgan fingerprint density at radius 3 is 3.00 bits per heavy atom. The normalized spacial score (nSPS) is 10.8. The number of nitrogens with zero attached hydrogens (tertiary/aromatic N) is 1. The topological polar surface area (TPSA) is 68.0 Å². The van der Waals surface area contributed by atoms with Gasteiger partial charge in [0.25, 0.3) is 0 Å². The number of hydrogen-bond donors (Lipinski definition) is 2. The van der Waals surface area contributed by atoms with Crippen LogP contribution in [0.2, 0.25) is 0 Å². The molecule has 0 atom stereocenters. The molecule has 3 N–H and O–H groups in total. The predicted octanol–water partition coefficient (Wildman–Crippen LogP) is 4.16. The number of halogens is 1. The Morgan fingerprint density at radius 1 is 1.47 bits per heavy atom. The number of nitrogen functional groups attached to an aromatic ring is 1. The van der Waals surface area contributed by atoms with Gasteiger partial charge in [-0.15, -0.1) is 0 Å². The van der Waals surface area contributed by atoms with Crippen LogP contribution in [0, 0.1) is 0 Å². The van der Waals surface area contributed by atoms with Gasteiger partial charge in [-0.1, -0.05) is 31.1 Å². The molecule has 0 aliphatic heterocycles. The summed E-state index contributed by atoms with van der Waals surface area (Å²) in [7, 11) is 0. The number of anilines is 2. The highest BCUT2D eigenvalue weighted by atomic mass is 79.9. The average Bonchev–Trinajstić information content (AvgIpc) is 2.70. The molecule has 0 fully saturated rings. The molecule has 0 unspecified atom stereocenters. The Kier molecular flexibility index (Phi) is 4.76. The SMILES string of the molecule is CCCCCC(=O)Nc1cc(Br)c2nc(N)sc2c1. The first-order valence-electron chi connectivity index (χ1n) is 6.25. The van der Waals surface area contributed by atoms with E-state index in [2.05, 4.69) is 33.2 Å². The average molecular weight is 342 g/mol. The number of hydrogen-bond acceptors (Lipinski definition) is 4. The summed E-state index contributed by atoms with van der Waals surface area (Å²) < 4.78 is 1.82. The maximum atomic E-state index is 11.8. The number of rotatable bonds is 5. The standard InChI is InChI=1S/C13H16BrN3OS/c1-2-3-4-5-11(18)16-8-6-9(14)12-10(7-8)19-13(15)17-12/h6-7H,2-5H2,1H3,(H2,15,17)(H,16,18). The minimum absolute atomic E-state index is 0.0530. The Bertz CT molecular complexity index is 597. The molecule has 4 nitrogen and oxygen atoms in total. The van der Waals surface area contributed by atoms with Crippen molar-refractivity contribution in [2.45, 2.75) is 32.6 Å². The smallest absolute Gasteiger partial charge is 0.224 e. The summed E-state index contributed by atoms with van der Waals surface area (Å²) in [5.74, 6) is 0.0530. The third kappa shape index (κ3) is 3.67. The van der Waals surface area contributed by atoms with E-state index >= 15 is 0 Å². The molecule has 0 radical (unpaired) electrons. The van der Waals surface area contributed by atoms with E-state index in [1.807, 2.05) is 12.1 Å². The number of unbranched alkanes of at least 4 members (excludes halogenated alkanes) is 2. The molecule has 1 amide bonds. The van der Waals surface area contributed by atoms with Crippen LogP contribution in [0.1, 0.15) is 32.6 Å². The molecule has 1 aromatic heterocycles. The van der Waals surface area contributed by atoms with E-state index in [4.69, 9.17) is 5.73 Å². The highest BCUT2D eigenvalue weighted by Crippen LogP contribution is 2.32. The van der Waals surface area contributed by atoms with Gasteiger partial charge in [0, 0.05) is 16.6 Å². The second-order valence-electron chi connectivity index (χ2n) is 4.36. The van der Waals surface area contributed by atoms with Crippen molar-refractivity contribution >= 4 is 54.2 Å². The van der Waals surface area contributed by atoms with Crippen molar-refractivity contribution in [3.05, 3.63) is 16.6 Å². The van der Waals surface area contributed by atoms with Crippen LogP contribution in [0.15, 0.2) is 16.6 Å². The summed E-state index contributed by atoms with van der Waals surface area (Å²) >= 11 is 4.87. The predicted molar refractivity (Wildman–Crippen MR) is 84.5 cm³/mol. The molecule has 1 aromatic carbocycles. The summed E-state index contributed by atoms with van der Waals surface area (Å²) in [6, 6.07) is 3.77. The zero-order chi connectivity index (χ0) is 13.8. The van der Waals surface area contributed by atoms with Crippen molar-refractivity contribution in [3.63, 3.8) is 0 Å². The van der Waals surface area contributed by atoms with E-state index in [0.717, 1.165) is 39.6 Å². The van der Waals surface area contributed by atoms with Gasteiger partial charge in [-0.2, -0.15) is 0 Å². The van der Waals surface area contributed by atoms with Gasteiger partial charge in [-0.3, -0.25) is 4.79 Å². The van der Waals surface area contributed by atoms with E-state index in [-0.39, 0.29) is 5.91 Å². The minimum atomic E-state index is 0.0530. The van der Waals surface area contributed by atoms with Crippen LogP contribution in [0.3, 0.4) is 0 Å². The molecule has 0 spiro atoms. The van der Waals surface area contributed by atoms with E-state index in [1.54, 1.807) is 0 Å². The molecule has 0 saturated heterocycles. The molecular weight excluding hydrogens is 326 g/mol. The van der Waals surface area contributed by atoms with Crippen molar-refractivity contribution in [3.8, 4) is 0 Å². The summed E-state index contributed by atoms with van der Waals surface area (Å²) in [4.78, 5) is 16.0. The number of aromatic nitrogens is 1. The van der Waals surface area contributed by atoms with E-state index < -0.39 is 0 Å². The first kappa shape index (κ1) is 14.3. The Morgan fingerprint density at radius 2 is 2.26 bits per heavy atom. The van der Waals surface area contributed by atoms with Crippen LogP contribution in [0.5, 0.6) is 0 Å². The first-order chi connectivity index (χ1) is 9.10. The van der Waals surface area contributed by atoms with Gasteiger partial charge in [0.15, 0.2) is 5.13 Å². The lowest BCUT2D eigenvalue weighted by atomic mass is 10.2. The molecule has 19 heavy (non-hydrogen) atoms. The zero-order valence-corrected chi connectivity index (χ0v) is 13.1. The van der Waals surface area contributed by atoms with Crippen molar-refractivity contribution in [2.24, 2.45) is 0 Å². The number of carbonyl (C=O) groups excluding carboxylic acids is 1. The fourth-order valence-electron chi connectivity index (χ4n) is 1.84. The zero-order valence-electron chi connectivity index (χ0n) is 10.7. The minimum Gasteiger partial charge on any atom is -0.375 e. The molecule has 6 heteroatoms. The lowest BCUT2D eigenvalue weighted by molar-refractivity contribution is -0.116. The monoisotopic (exact) mass is 341 g/mol. The van der Waals surface area contributed by atoms with Gasteiger partial charge < -0.3 is 11.1 Å². The van der Waals surface area contributed by atoms with Gasteiger partial charge in [-0.25, -0.2) is 4.98 Å². The number of fused-ring (bicyclic) bond motifs is 1. The van der Waals surface area contributed by atoms with Crippen LogP contribution in [-0.4, -0.2) is 10.9 Å². The highest BCUT2D eigenvalue weighted by Gasteiger charge is 2.09. The summed E-state index contributed by atoms with van der Waals surface area (Å²) in [5.41, 5.74) is 7.31. The molecule has 2 aromatic rings. The highest BCUT2D eigenvalue weighted by molar-refractivity contribution is 9.10. The molecular formula is C13H16BrN3OS. The second-order valence-corrected chi connectivity index (χ2v) is 6.28. The van der Waals surface area contributed by atoms with Crippen LogP contribution < -0.4 is 11.1 Å². The van der Waals surface area contributed by atoms with Gasteiger partial charge in [0.05, 0.1) is 10.2 Å². The number of nitrogens with two attached hydrogens (primary N) is 1. The summed E-state index contributed by atoms with van der Waals surface area (Å²) in [6.07, 6.45) is 3.69. The molecule has 1 heterocycles. The van der Waals surface area contributed by atoms with Crippen molar-refractivity contribution in [2.75, 3.05) is 11.1 Å². The third-order valence-electron chi connectivity index (χ3n) is 2.76. The lowest BCUT2D eigenvalue weighted by Crippen LogP contribution is -2.10. The summed E-state index contributed by atoms with van der Waals surface area (Å²) in [5, 5.41) is 3.44. The van der Waals surface area contributed by atoms with E-state index in [9.17, 15) is 4.79 Å². The third-order valence-corrected chi connectivity index (χ3v) is 4.19. The fraction of sp³-hybridized carbons (Fsp3) is 0.385.